The van der Waals surface area contributed by atoms with Crippen molar-refractivity contribution in [3.8, 4) is 0 Å². The number of Topliss-reactive ketones (excluding diaryl/α,β-unsaturated/α-hetero) is 1. The number of hydrogen-bond donors (Lipinski definition) is 0. The Balaban J connectivity index is 2.27. The Hall–Kier alpha value is -0.850. The number of hydrogen-bond acceptors (Lipinski definition) is 1. The molecule has 1 nitrogen and oxygen atoms in total. The number of ketones is 1. The molecular weight excluding hydrogens is 184 g/mol. The maximum absolute atomic E-state index is 12.2. The van der Waals surface area contributed by atoms with Crippen LogP contribution < -0.4 is 0 Å². The van der Waals surface area contributed by atoms with E-state index in [-0.39, 0.29) is 5.92 Å². The zero-order valence-electron chi connectivity index (χ0n) is 9.81. The molecule has 0 spiro atoms. The van der Waals surface area contributed by atoms with Gasteiger partial charge in [-0.1, -0.05) is 32.8 Å². The predicted molar refractivity (Wildman–Crippen MR) is 62.7 cm³/mol. The van der Waals surface area contributed by atoms with Crippen molar-refractivity contribution >= 4 is 5.78 Å². The fourth-order valence-electron chi connectivity index (χ4n) is 2.92. The molecule has 0 aromatic heterocycles. The lowest BCUT2D eigenvalue weighted by atomic mass is 9.94. The van der Waals surface area contributed by atoms with E-state index in [1.165, 1.54) is 16.7 Å². The van der Waals surface area contributed by atoms with Gasteiger partial charge >= 0.3 is 0 Å². The second-order valence-corrected chi connectivity index (χ2v) is 4.61. The van der Waals surface area contributed by atoms with Crippen LogP contribution in [0, 0.1) is 5.92 Å². The van der Waals surface area contributed by atoms with E-state index in [9.17, 15) is 4.79 Å². The van der Waals surface area contributed by atoms with Crippen LogP contribution in [0.4, 0.5) is 0 Å². The minimum atomic E-state index is 0.231. The van der Waals surface area contributed by atoms with Crippen molar-refractivity contribution in [2.75, 3.05) is 0 Å². The fourth-order valence-corrected chi connectivity index (χ4v) is 2.92. The fraction of sp³-hybridized carbons (Fsp3) is 0.643. The van der Waals surface area contributed by atoms with E-state index in [1.807, 2.05) is 0 Å². The Morgan fingerprint density at radius 1 is 1.33 bits per heavy atom. The van der Waals surface area contributed by atoms with Crippen LogP contribution in [0.25, 0.3) is 0 Å². The van der Waals surface area contributed by atoms with E-state index < -0.39 is 0 Å². The molecule has 0 aliphatic heterocycles. The van der Waals surface area contributed by atoms with E-state index in [4.69, 9.17) is 0 Å². The van der Waals surface area contributed by atoms with E-state index in [1.54, 1.807) is 0 Å². The first-order valence-electron chi connectivity index (χ1n) is 6.26. The predicted octanol–water partition coefficient (Wildman–Crippen LogP) is 3.80. The molecule has 0 heterocycles. The number of rotatable bonds is 4. The van der Waals surface area contributed by atoms with Crippen LogP contribution in [-0.2, 0) is 4.79 Å². The number of allylic oxidation sites excluding steroid dienone is 4. The summed E-state index contributed by atoms with van der Waals surface area (Å²) < 4.78 is 0. The molecule has 0 bridgehead atoms. The molecule has 0 radical (unpaired) electrons. The minimum Gasteiger partial charge on any atom is -0.294 e. The Morgan fingerprint density at radius 2 is 2.13 bits per heavy atom. The van der Waals surface area contributed by atoms with Gasteiger partial charge < -0.3 is 0 Å². The second kappa shape index (κ2) is 4.34. The summed E-state index contributed by atoms with van der Waals surface area (Å²) in [5.41, 5.74) is 3.98. The summed E-state index contributed by atoms with van der Waals surface area (Å²) in [7, 11) is 0. The zero-order chi connectivity index (χ0) is 10.8. The summed E-state index contributed by atoms with van der Waals surface area (Å²) in [6, 6.07) is 0. The third kappa shape index (κ3) is 1.68. The van der Waals surface area contributed by atoms with Gasteiger partial charge in [-0.3, -0.25) is 4.79 Å². The number of carbonyl (C=O) groups is 1. The maximum atomic E-state index is 12.2. The van der Waals surface area contributed by atoms with Crippen LogP contribution in [0.5, 0.6) is 0 Å². The smallest absolute Gasteiger partial charge is 0.166 e. The van der Waals surface area contributed by atoms with Crippen LogP contribution in [-0.4, -0.2) is 5.78 Å². The molecule has 1 atom stereocenters. The van der Waals surface area contributed by atoms with Gasteiger partial charge in [0, 0.05) is 5.92 Å². The lowest BCUT2D eigenvalue weighted by Gasteiger charge is -2.09. The van der Waals surface area contributed by atoms with E-state index in [0.29, 0.717) is 5.78 Å². The van der Waals surface area contributed by atoms with Crippen LogP contribution in [0.1, 0.15) is 52.4 Å². The summed E-state index contributed by atoms with van der Waals surface area (Å²) in [4.78, 5) is 12.2. The Labute approximate surface area is 92.3 Å². The highest BCUT2D eigenvalue weighted by atomic mass is 16.1. The minimum absolute atomic E-state index is 0.231. The molecular formula is C14H20O. The molecule has 0 aromatic carbocycles. The molecule has 1 unspecified atom stereocenters. The van der Waals surface area contributed by atoms with Crippen molar-refractivity contribution in [2.24, 2.45) is 5.92 Å². The van der Waals surface area contributed by atoms with Crippen LogP contribution in [0.2, 0.25) is 0 Å². The first-order chi connectivity index (χ1) is 7.29. The summed E-state index contributed by atoms with van der Waals surface area (Å²) in [5, 5.41) is 0. The van der Waals surface area contributed by atoms with Gasteiger partial charge in [-0.2, -0.15) is 0 Å². The highest BCUT2D eigenvalue weighted by Gasteiger charge is 2.37. The standard InChI is InChI=1S/C14H20O/c1-3-6-12-10-8-5-9-11(10)13(7-4-2)14(12)15/h8,12H,3-7,9H2,1-2H3. The zero-order valence-corrected chi connectivity index (χ0v) is 9.81. The average Bonchev–Trinajstić information content (AvgIpc) is 2.77. The van der Waals surface area contributed by atoms with Crippen molar-refractivity contribution in [2.45, 2.75) is 52.4 Å². The van der Waals surface area contributed by atoms with E-state index in [2.05, 4.69) is 19.9 Å². The van der Waals surface area contributed by atoms with Gasteiger partial charge in [0.15, 0.2) is 5.78 Å². The van der Waals surface area contributed by atoms with Crippen LogP contribution in [0.15, 0.2) is 22.8 Å². The molecule has 0 fully saturated rings. The van der Waals surface area contributed by atoms with Gasteiger partial charge in [0.05, 0.1) is 0 Å². The quantitative estimate of drug-likeness (QED) is 0.680. The highest BCUT2D eigenvalue weighted by Crippen LogP contribution is 2.44. The molecule has 1 heteroatoms. The Bertz CT molecular complexity index is 333. The summed E-state index contributed by atoms with van der Waals surface area (Å²) in [6.45, 7) is 4.33. The molecule has 2 aliphatic carbocycles. The molecule has 0 amide bonds. The van der Waals surface area contributed by atoms with Gasteiger partial charge in [0.1, 0.15) is 0 Å². The third-order valence-corrected chi connectivity index (χ3v) is 3.54. The van der Waals surface area contributed by atoms with Gasteiger partial charge in [-0.25, -0.2) is 0 Å². The molecule has 0 N–H and O–H groups in total. The Morgan fingerprint density at radius 3 is 2.80 bits per heavy atom. The lowest BCUT2D eigenvalue weighted by molar-refractivity contribution is -0.117. The molecule has 15 heavy (non-hydrogen) atoms. The average molecular weight is 204 g/mol. The molecule has 0 saturated heterocycles. The van der Waals surface area contributed by atoms with Crippen molar-refractivity contribution < 1.29 is 4.79 Å². The number of fused-ring (bicyclic) bond motifs is 1. The lowest BCUT2D eigenvalue weighted by Crippen LogP contribution is -2.11. The molecule has 2 aliphatic rings. The van der Waals surface area contributed by atoms with Gasteiger partial charge in [-0.05, 0) is 42.4 Å². The van der Waals surface area contributed by atoms with Crippen molar-refractivity contribution in [1.29, 1.82) is 0 Å². The highest BCUT2D eigenvalue weighted by molar-refractivity contribution is 6.05. The Kier molecular flexibility index (Phi) is 3.08. The number of carbonyl (C=O) groups excluding carboxylic acids is 1. The SMILES string of the molecule is CCCC1=C2CCC=C2C(CCC)C1=O. The van der Waals surface area contributed by atoms with Crippen molar-refractivity contribution in [3.63, 3.8) is 0 Å². The topological polar surface area (TPSA) is 17.1 Å². The van der Waals surface area contributed by atoms with Crippen LogP contribution >= 0.6 is 0 Å². The van der Waals surface area contributed by atoms with E-state index >= 15 is 0 Å². The normalized spacial score (nSPS) is 24.8. The summed E-state index contributed by atoms with van der Waals surface area (Å²) in [6.07, 6.45) is 8.82. The second-order valence-electron chi connectivity index (χ2n) is 4.61. The van der Waals surface area contributed by atoms with Gasteiger partial charge in [0.25, 0.3) is 0 Å². The molecule has 82 valence electrons. The molecule has 2 rings (SSSR count). The van der Waals surface area contributed by atoms with E-state index in [0.717, 1.165) is 38.5 Å². The molecule has 0 saturated carbocycles. The van der Waals surface area contributed by atoms with Gasteiger partial charge in [0.2, 0.25) is 0 Å². The monoisotopic (exact) mass is 204 g/mol. The largest absolute Gasteiger partial charge is 0.294 e. The third-order valence-electron chi connectivity index (χ3n) is 3.54. The summed E-state index contributed by atoms with van der Waals surface area (Å²) in [5.74, 6) is 0.675. The maximum Gasteiger partial charge on any atom is 0.166 e. The van der Waals surface area contributed by atoms with Gasteiger partial charge in [-0.15, -0.1) is 0 Å². The van der Waals surface area contributed by atoms with Crippen LogP contribution in [0.3, 0.4) is 0 Å². The van der Waals surface area contributed by atoms with Crippen molar-refractivity contribution in [1.82, 2.24) is 0 Å². The first-order valence-corrected chi connectivity index (χ1v) is 6.26. The summed E-state index contributed by atoms with van der Waals surface area (Å²) >= 11 is 0. The molecule has 0 aromatic rings. The first kappa shape index (κ1) is 10.7. The van der Waals surface area contributed by atoms with Crippen molar-refractivity contribution in [3.05, 3.63) is 22.8 Å².